The Balaban J connectivity index is 0.972. The lowest BCUT2D eigenvalue weighted by atomic mass is 9.97. The summed E-state index contributed by atoms with van der Waals surface area (Å²) in [5.41, 5.74) is 13.4. The van der Waals surface area contributed by atoms with Crippen molar-refractivity contribution in [2.75, 3.05) is 0 Å². The van der Waals surface area contributed by atoms with E-state index < -0.39 is 0 Å². The smallest absolute Gasteiger partial charge is 0.164 e. The van der Waals surface area contributed by atoms with Crippen molar-refractivity contribution in [1.82, 2.24) is 15.0 Å². The predicted molar refractivity (Wildman–Crippen MR) is 260 cm³/mol. The molecule has 0 fully saturated rings. The number of rotatable bonds is 7. The van der Waals surface area contributed by atoms with Crippen molar-refractivity contribution >= 4 is 43.5 Å². The van der Waals surface area contributed by atoms with Crippen LogP contribution in [-0.2, 0) is 0 Å². The van der Waals surface area contributed by atoms with Crippen molar-refractivity contribution in [3.63, 3.8) is 0 Å². The second-order valence-corrected chi connectivity index (χ2v) is 16.0. The first-order chi connectivity index (χ1) is 31.2. The van der Waals surface area contributed by atoms with E-state index in [9.17, 15) is 0 Å². The van der Waals surface area contributed by atoms with Gasteiger partial charge >= 0.3 is 0 Å². The van der Waals surface area contributed by atoms with E-state index in [0.717, 1.165) is 71.7 Å². The normalized spacial score (nSPS) is 11.5. The monoisotopic (exact) mass is 803 g/mol. The van der Waals surface area contributed by atoms with Gasteiger partial charge in [-0.15, -0.1) is 0 Å². The van der Waals surface area contributed by atoms with Crippen molar-refractivity contribution < 1.29 is 4.42 Å². The minimum absolute atomic E-state index is 0.583. The third kappa shape index (κ3) is 6.71. The summed E-state index contributed by atoms with van der Waals surface area (Å²) >= 11 is 0. The standard InChI is InChI=1S/C59H37N3O/c1-3-11-38(12-4-1)41-23-28-44(29-24-41)57-60-58(50-34-33-48-36-46(31-32-49(48)37-50)39-13-5-2-6-14-39)62-59(61-57)53-19-10-20-54-55(53)52-18-9-17-51(56(52)63-54)43-26-21-42(22-27-43)47-30-25-40-15-7-8-16-45(40)35-47/h1-37H. The van der Waals surface area contributed by atoms with E-state index in [0.29, 0.717) is 17.5 Å². The minimum Gasteiger partial charge on any atom is -0.455 e. The second-order valence-electron chi connectivity index (χ2n) is 16.0. The maximum Gasteiger partial charge on any atom is 0.164 e. The third-order valence-corrected chi connectivity index (χ3v) is 12.1. The molecule has 4 nitrogen and oxygen atoms in total. The Kier molecular flexibility index (Phi) is 8.79. The molecule has 0 radical (unpaired) electrons. The molecule has 0 saturated carbocycles. The number of benzene rings is 10. The Hall–Kier alpha value is -8.47. The lowest BCUT2D eigenvalue weighted by molar-refractivity contribution is 0.670. The first-order valence-corrected chi connectivity index (χ1v) is 21.2. The van der Waals surface area contributed by atoms with Gasteiger partial charge in [0.25, 0.3) is 0 Å². The molecule has 0 N–H and O–H groups in total. The number of fused-ring (bicyclic) bond motifs is 5. The van der Waals surface area contributed by atoms with E-state index >= 15 is 0 Å². The maximum absolute atomic E-state index is 6.77. The lowest BCUT2D eigenvalue weighted by Crippen LogP contribution is -2.00. The lowest BCUT2D eigenvalue weighted by Gasteiger charge is -2.11. The van der Waals surface area contributed by atoms with Gasteiger partial charge in [-0.05, 0) is 84.8 Å². The summed E-state index contributed by atoms with van der Waals surface area (Å²) in [6.07, 6.45) is 0. The molecule has 12 rings (SSSR count). The third-order valence-electron chi connectivity index (χ3n) is 12.1. The second kappa shape index (κ2) is 15.2. The highest BCUT2D eigenvalue weighted by Gasteiger charge is 2.20. The predicted octanol–water partition coefficient (Wildman–Crippen LogP) is 15.7. The number of furan rings is 1. The van der Waals surface area contributed by atoms with Crippen molar-refractivity contribution in [3.05, 3.63) is 224 Å². The van der Waals surface area contributed by atoms with E-state index in [1.165, 1.54) is 33.0 Å². The van der Waals surface area contributed by atoms with Crippen LogP contribution in [0, 0.1) is 0 Å². The van der Waals surface area contributed by atoms with Gasteiger partial charge in [0.05, 0.1) is 0 Å². The van der Waals surface area contributed by atoms with E-state index in [1.807, 2.05) is 24.3 Å². The van der Waals surface area contributed by atoms with Crippen LogP contribution in [-0.4, -0.2) is 15.0 Å². The van der Waals surface area contributed by atoms with E-state index in [-0.39, 0.29) is 0 Å². The summed E-state index contributed by atoms with van der Waals surface area (Å²) in [5, 5.41) is 6.71. The van der Waals surface area contributed by atoms with Crippen LogP contribution in [0.4, 0.5) is 0 Å². The summed E-state index contributed by atoms with van der Waals surface area (Å²) in [5.74, 6) is 1.79. The van der Waals surface area contributed by atoms with Crippen molar-refractivity contribution in [3.8, 4) is 78.7 Å². The Morgan fingerprint density at radius 3 is 1.41 bits per heavy atom. The molecule has 4 heteroatoms. The molecule has 63 heavy (non-hydrogen) atoms. The molecule has 0 aliphatic heterocycles. The fourth-order valence-electron chi connectivity index (χ4n) is 8.86. The average Bonchev–Trinajstić information content (AvgIpc) is 3.76. The average molecular weight is 804 g/mol. The first kappa shape index (κ1) is 36.4. The van der Waals surface area contributed by atoms with Crippen LogP contribution < -0.4 is 0 Å². The highest BCUT2D eigenvalue weighted by Crippen LogP contribution is 2.41. The molecular formula is C59H37N3O. The van der Waals surface area contributed by atoms with Gasteiger partial charge in [0.2, 0.25) is 0 Å². The largest absolute Gasteiger partial charge is 0.455 e. The van der Waals surface area contributed by atoms with Gasteiger partial charge in [0.1, 0.15) is 11.2 Å². The molecule has 12 aromatic rings. The molecule has 0 bridgehead atoms. The van der Waals surface area contributed by atoms with Crippen LogP contribution in [0.2, 0.25) is 0 Å². The zero-order valence-corrected chi connectivity index (χ0v) is 34.1. The highest BCUT2D eigenvalue weighted by atomic mass is 16.3. The minimum atomic E-state index is 0.583. The Morgan fingerprint density at radius 2 is 0.714 bits per heavy atom. The fourth-order valence-corrected chi connectivity index (χ4v) is 8.86. The number of aromatic nitrogens is 3. The van der Waals surface area contributed by atoms with Crippen LogP contribution >= 0.6 is 0 Å². The molecule has 10 aromatic carbocycles. The Bertz CT molecular complexity index is 3650. The number of nitrogens with zero attached hydrogens (tertiary/aromatic N) is 3. The van der Waals surface area contributed by atoms with Gasteiger partial charge in [0.15, 0.2) is 17.5 Å². The van der Waals surface area contributed by atoms with Crippen LogP contribution in [0.5, 0.6) is 0 Å². The molecule has 0 aliphatic carbocycles. The van der Waals surface area contributed by atoms with Crippen LogP contribution in [0.1, 0.15) is 0 Å². The van der Waals surface area contributed by atoms with Gasteiger partial charge in [-0.25, -0.2) is 15.0 Å². The first-order valence-electron chi connectivity index (χ1n) is 21.2. The van der Waals surface area contributed by atoms with Gasteiger partial charge in [0, 0.05) is 33.0 Å². The van der Waals surface area contributed by atoms with Crippen LogP contribution in [0.25, 0.3) is 122 Å². The fraction of sp³-hybridized carbons (Fsp3) is 0. The van der Waals surface area contributed by atoms with Crippen molar-refractivity contribution in [1.29, 1.82) is 0 Å². The summed E-state index contributed by atoms with van der Waals surface area (Å²) in [7, 11) is 0. The van der Waals surface area contributed by atoms with Gasteiger partial charge in [-0.2, -0.15) is 0 Å². The summed E-state index contributed by atoms with van der Waals surface area (Å²) in [4.78, 5) is 15.6. The quantitative estimate of drug-likeness (QED) is 0.161. The number of hydrogen-bond donors (Lipinski definition) is 0. The summed E-state index contributed by atoms with van der Waals surface area (Å²) in [6, 6.07) is 78.8. The molecule has 0 spiro atoms. The summed E-state index contributed by atoms with van der Waals surface area (Å²) in [6.45, 7) is 0. The van der Waals surface area contributed by atoms with E-state index in [1.54, 1.807) is 0 Å². The SMILES string of the molecule is c1ccc(-c2ccc(-c3nc(-c4ccc5cc(-c6ccccc6)ccc5c4)nc(-c4cccc5oc6c(-c7ccc(-c8ccc9ccccc9c8)cc7)cccc6c45)n3)cc2)cc1. The molecule has 294 valence electrons. The van der Waals surface area contributed by atoms with E-state index in [4.69, 9.17) is 19.4 Å². The molecular weight excluding hydrogens is 767 g/mol. The zero-order chi connectivity index (χ0) is 41.7. The molecule has 2 aromatic heterocycles. The molecule has 0 saturated heterocycles. The Labute approximate surface area is 364 Å². The molecule has 0 aliphatic rings. The van der Waals surface area contributed by atoms with Crippen molar-refractivity contribution in [2.24, 2.45) is 0 Å². The van der Waals surface area contributed by atoms with Crippen LogP contribution in [0.3, 0.4) is 0 Å². The summed E-state index contributed by atoms with van der Waals surface area (Å²) < 4.78 is 6.77. The maximum atomic E-state index is 6.77. The Morgan fingerprint density at radius 1 is 0.270 bits per heavy atom. The van der Waals surface area contributed by atoms with Gasteiger partial charge < -0.3 is 4.42 Å². The van der Waals surface area contributed by atoms with Crippen molar-refractivity contribution in [2.45, 2.75) is 0 Å². The molecule has 0 atom stereocenters. The zero-order valence-electron chi connectivity index (χ0n) is 34.1. The van der Waals surface area contributed by atoms with Gasteiger partial charge in [-0.1, -0.05) is 200 Å². The van der Waals surface area contributed by atoms with E-state index in [2.05, 4.69) is 200 Å². The molecule has 0 unspecified atom stereocenters. The topological polar surface area (TPSA) is 51.8 Å². The van der Waals surface area contributed by atoms with Crippen LogP contribution in [0.15, 0.2) is 229 Å². The highest BCUT2D eigenvalue weighted by molar-refractivity contribution is 6.15. The number of para-hydroxylation sites is 1. The molecule has 0 amide bonds. The number of hydrogen-bond acceptors (Lipinski definition) is 4. The molecule has 2 heterocycles. The van der Waals surface area contributed by atoms with Gasteiger partial charge in [-0.3, -0.25) is 0 Å².